The van der Waals surface area contributed by atoms with Crippen LogP contribution in [0.15, 0.2) is 118 Å². The summed E-state index contributed by atoms with van der Waals surface area (Å²) in [5.41, 5.74) is 2.31. The van der Waals surface area contributed by atoms with Crippen molar-refractivity contribution in [1.82, 2.24) is 0 Å². The van der Waals surface area contributed by atoms with Gasteiger partial charge in [-0.25, -0.2) is 0 Å². The van der Waals surface area contributed by atoms with Crippen LogP contribution in [0.2, 0.25) is 5.02 Å². The SMILES string of the molecule is O=C(c1ccccc1)[C@@H]1S/C(=N\Sc2ccccc2[N+](=O)[O-])N(c2cccc(Cl)c2)[C@H]1c1ccccc1. The van der Waals surface area contributed by atoms with Crippen LogP contribution in [-0.4, -0.2) is 21.1 Å². The first kappa shape index (κ1) is 25.1. The number of anilines is 1. The van der Waals surface area contributed by atoms with Crippen LogP contribution < -0.4 is 4.90 Å². The average Bonchev–Trinajstić information content (AvgIpc) is 3.32. The fourth-order valence-corrected chi connectivity index (χ4v) is 6.48. The number of hydrogen-bond acceptors (Lipinski definition) is 6. The molecule has 1 aliphatic heterocycles. The van der Waals surface area contributed by atoms with Gasteiger partial charge < -0.3 is 4.90 Å². The van der Waals surface area contributed by atoms with Gasteiger partial charge in [-0.2, -0.15) is 4.40 Å². The summed E-state index contributed by atoms with van der Waals surface area (Å²) in [6.45, 7) is 0. The van der Waals surface area contributed by atoms with Crippen LogP contribution >= 0.6 is 35.3 Å². The lowest BCUT2D eigenvalue weighted by Gasteiger charge is -2.28. The van der Waals surface area contributed by atoms with Gasteiger partial charge in [0.15, 0.2) is 11.0 Å². The Bertz CT molecular complexity index is 1470. The molecule has 184 valence electrons. The molecule has 1 aliphatic rings. The maximum absolute atomic E-state index is 13.8. The first-order chi connectivity index (χ1) is 18.0. The molecule has 0 N–H and O–H groups in total. The first-order valence-electron chi connectivity index (χ1n) is 11.4. The minimum Gasteiger partial charge on any atom is -0.311 e. The van der Waals surface area contributed by atoms with E-state index in [0.29, 0.717) is 20.6 Å². The Morgan fingerprint density at radius 3 is 2.30 bits per heavy atom. The smallest absolute Gasteiger partial charge is 0.284 e. The molecule has 0 unspecified atom stereocenters. The van der Waals surface area contributed by atoms with Crippen molar-refractivity contribution < 1.29 is 9.72 Å². The first-order valence-corrected chi connectivity index (χ1v) is 13.4. The number of thioether (sulfide) groups is 1. The van der Waals surface area contributed by atoms with Gasteiger partial charge in [0.1, 0.15) is 10.1 Å². The van der Waals surface area contributed by atoms with Crippen LogP contribution in [0.25, 0.3) is 0 Å². The number of ketones is 1. The van der Waals surface area contributed by atoms with Crippen LogP contribution in [0.4, 0.5) is 11.4 Å². The van der Waals surface area contributed by atoms with Crippen molar-refractivity contribution in [3.63, 3.8) is 0 Å². The van der Waals surface area contributed by atoms with E-state index in [1.54, 1.807) is 24.3 Å². The summed E-state index contributed by atoms with van der Waals surface area (Å²) in [5.74, 6) is -0.0210. The van der Waals surface area contributed by atoms with E-state index in [1.807, 2.05) is 83.8 Å². The third kappa shape index (κ3) is 5.41. The molecule has 0 amide bonds. The van der Waals surface area contributed by atoms with Gasteiger partial charge in [-0.3, -0.25) is 14.9 Å². The molecule has 6 nitrogen and oxygen atoms in total. The van der Waals surface area contributed by atoms with Gasteiger partial charge in [-0.05, 0) is 29.8 Å². The Kier molecular flexibility index (Phi) is 7.60. The zero-order chi connectivity index (χ0) is 25.8. The maximum atomic E-state index is 13.8. The molecule has 1 saturated heterocycles. The summed E-state index contributed by atoms with van der Waals surface area (Å²) in [6.07, 6.45) is 0. The van der Waals surface area contributed by atoms with Crippen molar-refractivity contribution >= 4 is 57.6 Å². The van der Waals surface area contributed by atoms with Crippen molar-refractivity contribution in [2.75, 3.05) is 4.90 Å². The van der Waals surface area contributed by atoms with Crippen LogP contribution in [-0.2, 0) is 0 Å². The molecule has 0 spiro atoms. The monoisotopic (exact) mass is 545 g/mol. The largest absolute Gasteiger partial charge is 0.311 e. The van der Waals surface area contributed by atoms with Gasteiger partial charge >= 0.3 is 0 Å². The van der Waals surface area contributed by atoms with E-state index in [-0.39, 0.29) is 17.5 Å². The highest BCUT2D eigenvalue weighted by molar-refractivity contribution is 8.16. The molecular weight excluding hydrogens is 526 g/mol. The summed E-state index contributed by atoms with van der Waals surface area (Å²) in [4.78, 5) is 27.4. The summed E-state index contributed by atoms with van der Waals surface area (Å²) in [6, 6.07) is 32.5. The molecule has 4 aromatic carbocycles. The molecule has 0 radical (unpaired) electrons. The standard InChI is InChI=1S/C28H20ClN3O3S2/c29-21-14-9-15-22(18-21)31-25(19-10-3-1-4-11-19)27(26(33)20-12-5-2-6-13-20)36-28(31)30-37-24-17-8-7-16-23(24)32(34)35/h1-18,25,27H/b30-28-/t25-,27+/m0/s1. The number of amidine groups is 1. The minimum absolute atomic E-state index is 0.0210. The molecule has 0 bridgehead atoms. The second-order valence-electron chi connectivity index (χ2n) is 8.16. The number of nitro groups is 1. The summed E-state index contributed by atoms with van der Waals surface area (Å²) in [7, 11) is 0. The lowest BCUT2D eigenvalue weighted by atomic mass is 9.96. The number of hydrogen-bond donors (Lipinski definition) is 0. The number of nitrogens with zero attached hydrogens (tertiary/aromatic N) is 3. The molecule has 1 fully saturated rings. The number of benzene rings is 4. The molecule has 4 aromatic rings. The van der Waals surface area contributed by atoms with Gasteiger partial charge in [-0.15, -0.1) is 0 Å². The van der Waals surface area contributed by atoms with Crippen LogP contribution in [0, 0.1) is 10.1 Å². The molecule has 0 aliphatic carbocycles. The fourth-order valence-electron chi connectivity index (χ4n) is 4.16. The molecule has 1 heterocycles. The van der Waals surface area contributed by atoms with E-state index in [1.165, 1.54) is 17.8 Å². The second kappa shape index (κ2) is 11.2. The summed E-state index contributed by atoms with van der Waals surface area (Å²) < 4.78 is 4.75. The Hall–Kier alpha value is -3.59. The Morgan fingerprint density at radius 1 is 0.919 bits per heavy atom. The number of para-hydroxylation sites is 1. The maximum Gasteiger partial charge on any atom is 0.284 e. The molecule has 9 heteroatoms. The van der Waals surface area contributed by atoms with Crippen LogP contribution in [0.5, 0.6) is 0 Å². The number of carbonyl (C=O) groups excluding carboxylic acids is 1. The third-order valence-electron chi connectivity index (χ3n) is 5.83. The van der Waals surface area contributed by atoms with Crippen molar-refractivity contribution in [1.29, 1.82) is 0 Å². The fraction of sp³-hybridized carbons (Fsp3) is 0.0714. The normalized spacial score (nSPS) is 18.2. The van der Waals surface area contributed by atoms with E-state index >= 15 is 0 Å². The Balaban J connectivity index is 1.63. The number of nitro benzene ring substituents is 1. The van der Waals surface area contributed by atoms with Gasteiger partial charge in [-0.1, -0.05) is 102 Å². The third-order valence-corrected chi connectivity index (χ3v) is 8.21. The highest BCUT2D eigenvalue weighted by atomic mass is 35.5. The van der Waals surface area contributed by atoms with Crippen molar-refractivity contribution in [2.45, 2.75) is 16.2 Å². The van der Waals surface area contributed by atoms with E-state index in [0.717, 1.165) is 23.2 Å². The van der Waals surface area contributed by atoms with E-state index in [9.17, 15) is 14.9 Å². The zero-order valence-electron chi connectivity index (χ0n) is 19.3. The predicted octanol–water partition coefficient (Wildman–Crippen LogP) is 7.86. The lowest BCUT2D eigenvalue weighted by molar-refractivity contribution is -0.387. The van der Waals surface area contributed by atoms with Crippen molar-refractivity contribution in [3.8, 4) is 0 Å². The lowest BCUT2D eigenvalue weighted by Crippen LogP contribution is -2.33. The second-order valence-corrected chi connectivity index (χ2v) is 10.5. The number of Topliss-reactive ketones (excluding diaryl/α,β-unsaturated/α-hetero) is 1. The Labute approximate surface area is 227 Å². The van der Waals surface area contributed by atoms with Gasteiger partial charge in [0.2, 0.25) is 0 Å². The highest BCUT2D eigenvalue weighted by Crippen LogP contribution is 2.47. The van der Waals surface area contributed by atoms with Crippen molar-refractivity contribution in [3.05, 3.63) is 135 Å². The molecule has 5 rings (SSSR count). The van der Waals surface area contributed by atoms with E-state index in [4.69, 9.17) is 16.0 Å². The van der Waals surface area contributed by atoms with Crippen LogP contribution in [0.1, 0.15) is 22.0 Å². The molecule has 2 atom stereocenters. The van der Waals surface area contributed by atoms with Gasteiger partial charge in [0, 0.05) is 34.3 Å². The molecule has 37 heavy (non-hydrogen) atoms. The summed E-state index contributed by atoms with van der Waals surface area (Å²) in [5, 5.41) is 12.2. The van der Waals surface area contributed by atoms with E-state index < -0.39 is 10.2 Å². The predicted molar refractivity (Wildman–Crippen MR) is 152 cm³/mol. The molecule has 0 saturated carbocycles. The van der Waals surface area contributed by atoms with Crippen LogP contribution in [0.3, 0.4) is 0 Å². The van der Waals surface area contributed by atoms with Gasteiger partial charge in [0.25, 0.3) is 5.69 Å². The Morgan fingerprint density at radius 2 is 1.59 bits per heavy atom. The van der Waals surface area contributed by atoms with Crippen molar-refractivity contribution in [2.24, 2.45) is 4.40 Å². The summed E-state index contributed by atoms with van der Waals surface area (Å²) >= 11 is 8.74. The number of rotatable bonds is 7. The number of carbonyl (C=O) groups is 1. The average molecular weight is 546 g/mol. The zero-order valence-corrected chi connectivity index (χ0v) is 21.7. The number of halogens is 1. The molecule has 0 aromatic heterocycles. The quantitative estimate of drug-likeness (QED) is 0.102. The molecular formula is C28H20ClN3O3S2. The minimum atomic E-state index is -0.506. The topological polar surface area (TPSA) is 75.8 Å². The van der Waals surface area contributed by atoms with E-state index in [2.05, 4.69) is 0 Å². The highest BCUT2D eigenvalue weighted by Gasteiger charge is 2.45. The van der Waals surface area contributed by atoms with Gasteiger partial charge in [0.05, 0.1) is 11.0 Å².